The number of carbonyl (C=O) groups excluding carboxylic acids is 2. The number of amides is 2. The zero-order valence-electron chi connectivity index (χ0n) is 17.9. The third-order valence-electron chi connectivity index (χ3n) is 5.59. The number of fused-ring (bicyclic) bond motifs is 1. The Hall–Kier alpha value is -3.00. The number of carbonyl (C=O) groups is 2. The van der Waals surface area contributed by atoms with Crippen molar-refractivity contribution >= 4 is 44.3 Å². The lowest BCUT2D eigenvalue weighted by atomic mass is 10.1. The predicted molar refractivity (Wildman–Crippen MR) is 125 cm³/mol. The summed E-state index contributed by atoms with van der Waals surface area (Å²) in [5, 5.41) is 3.91. The lowest BCUT2D eigenvalue weighted by molar-refractivity contribution is -0.132. The summed E-state index contributed by atoms with van der Waals surface area (Å²) in [5.74, 6) is -0.0892. The molecule has 0 radical (unpaired) electrons. The summed E-state index contributed by atoms with van der Waals surface area (Å²) in [6, 6.07) is 9.78. The van der Waals surface area contributed by atoms with Crippen molar-refractivity contribution in [3.05, 3.63) is 47.7 Å². The van der Waals surface area contributed by atoms with Gasteiger partial charge in [0.05, 0.1) is 0 Å². The maximum atomic E-state index is 12.7. The summed E-state index contributed by atoms with van der Waals surface area (Å²) in [4.78, 5) is 39.2. The second-order valence-corrected chi connectivity index (χ2v) is 8.82. The van der Waals surface area contributed by atoms with Gasteiger partial charge in [0.2, 0.25) is 11.8 Å². The number of pyridine rings is 1. The molecule has 1 aliphatic heterocycles. The monoisotopic (exact) mass is 437 g/mol. The summed E-state index contributed by atoms with van der Waals surface area (Å²) in [6.07, 6.45) is 3.07. The van der Waals surface area contributed by atoms with E-state index in [4.69, 9.17) is 0 Å². The SMILES string of the molecule is Cc1cccc(C)c1NC(=O)CCC(=O)N1CCCN(c2nc3cccnc3s2)CC1. The van der Waals surface area contributed by atoms with E-state index in [1.54, 1.807) is 17.5 Å². The molecule has 3 heterocycles. The number of aromatic nitrogens is 2. The van der Waals surface area contributed by atoms with Crippen LogP contribution in [0.25, 0.3) is 10.3 Å². The molecule has 2 aromatic heterocycles. The molecule has 8 heteroatoms. The molecule has 1 aliphatic rings. The van der Waals surface area contributed by atoms with E-state index in [9.17, 15) is 9.59 Å². The number of hydrogen-bond donors (Lipinski definition) is 1. The van der Waals surface area contributed by atoms with Gasteiger partial charge < -0.3 is 15.1 Å². The molecule has 1 aromatic carbocycles. The van der Waals surface area contributed by atoms with Crippen LogP contribution in [-0.2, 0) is 9.59 Å². The molecule has 0 spiro atoms. The smallest absolute Gasteiger partial charge is 0.224 e. The molecular weight excluding hydrogens is 410 g/mol. The Labute approximate surface area is 186 Å². The lowest BCUT2D eigenvalue weighted by Crippen LogP contribution is -2.35. The number of anilines is 2. The van der Waals surface area contributed by atoms with Crippen molar-refractivity contribution in [2.24, 2.45) is 0 Å². The van der Waals surface area contributed by atoms with Gasteiger partial charge in [0.15, 0.2) is 5.13 Å². The molecule has 4 rings (SSSR count). The minimum Gasteiger partial charge on any atom is -0.346 e. The van der Waals surface area contributed by atoms with Crippen LogP contribution in [0.3, 0.4) is 0 Å². The van der Waals surface area contributed by atoms with Gasteiger partial charge in [-0.1, -0.05) is 29.5 Å². The van der Waals surface area contributed by atoms with E-state index in [0.717, 1.165) is 51.8 Å². The van der Waals surface area contributed by atoms with Crippen LogP contribution in [0.5, 0.6) is 0 Å². The molecule has 0 saturated carbocycles. The topological polar surface area (TPSA) is 78.4 Å². The predicted octanol–water partition coefficient (Wildman–Crippen LogP) is 3.77. The van der Waals surface area contributed by atoms with Gasteiger partial charge in [-0.15, -0.1) is 0 Å². The second-order valence-electron chi connectivity index (χ2n) is 7.86. The number of thiazole rings is 1. The quantitative estimate of drug-likeness (QED) is 0.657. The molecule has 0 unspecified atom stereocenters. The van der Waals surface area contributed by atoms with Crippen molar-refractivity contribution in [2.75, 3.05) is 36.4 Å². The molecule has 0 atom stereocenters. The normalized spacial score (nSPS) is 14.5. The number of nitrogens with zero attached hydrogens (tertiary/aromatic N) is 4. The number of hydrogen-bond acceptors (Lipinski definition) is 6. The van der Waals surface area contributed by atoms with Crippen molar-refractivity contribution < 1.29 is 9.59 Å². The highest BCUT2D eigenvalue weighted by molar-refractivity contribution is 7.21. The van der Waals surface area contributed by atoms with E-state index in [0.29, 0.717) is 13.1 Å². The van der Waals surface area contributed by atoms with E-state index in [1.165, 1.54) is 0 Å². The molecule has 1 N–H and O–H groups in total. The molecule has 1 saturated heterocycles. The summed E-state index contributed by atoms with van der Waals surface area (Å²) < 4.78 is 0. The van der Waals surface area contributed by atoms with Crippen LogP contribution in [0, 0.1) is 13.8 Å². The zero-order valence-corrected chi connectivity index (χ0v) is 18.7. The van der Waals surface area contributed by atoms with Crippen molar-refractivity contribution in [1.29, 1.82) is 0 Å². The summed E-state index contributed by atoms with van der Waals surface area (Å²) in [6.45, 7) is 6.88. The van der Waals surface area contributed by atoms with Crippen molar-refractivity contribution in [3.8, 4) is 0 Å². The third kappa shape index (κ3) is 5.02. The Morgan fingerprint density at radius 3 is 2.61 bits per heavy atom. The van der Waals surface area contributed by atoms with Crippen molar-refractivity contribution in [3.63, 3.8) is 0 Å². The maximum absolute atomic E-state index is 12.7. The molecule has 31 heavy (non-hydrogen) atoms. The number of para-hydroxylation sites is 1. The molecule has 7 nitrogen and oxygen atoms in total. The third-order valence-corrected chi connectivity index (χ3v) is 6.63. The molecule has 162 valence electrons. The van der Waals surface area contributed by atoms with E-state index in [1.807, 2.05) is 49.1 Å². The van der Waals surface area contributed by atoms with Gasteiger partial charge in [0.25, 0.3) is 0 Å². The molecule has 0 bridgehead atoms. The fraction of sp³-hybridized carbons (Fsp3) is 0.391. The zero-order chi connectivity index (χ0) is 21.8. The van der Waals surface area contributed by atoms with Gasteiger partial charge in [-0.25, -0.2) is 9.97 Å². The van der Waals surface area contributed by atoms with Crippen LogP contribution >= 0.6 is 11.3 Å². The van der Waals surface area contributed by atoms with E-state index < -0.39 is 0 Å². The number of benzene rings is 1. The van der Waals surface area contributed by atoms with Crippen LogP contribution in [0.1, 0.15) is 30.4 Å². The fourth-order valence-electron chi connectivity index (χ4n) is 3.84. The van der Waals surface area contributed by atoms with Crippen LogP contribution in [-0.4, -0.2) is 52.9 Å². The average molecular weight is 438 g/mol. The summed E-state index contributed by atoms with van der Waals surface area (Å²) in [5.41, 5.74) is 3.81. The van der Waals surface area contributed by atoms with Gasteiger partial charge in [0.1, 0.15) is 10.3 Å². The first-order valence-electron chi connectivity index (χ1n) is 10.6. The highest BCUT2D eigenvalue weighted by Gasteiger charge is 2.22. The van der Waals surface area contributed by atoms with Crippen LogP contribution in [0.2, 0.25) is 0 Å². The molecular formula is C23H27N5O2S. The number of nitrogens with one attached hydrogen (secondary N) is 1. The minimum atomic E-state index is -0.121. The first-order valence-corrected chi connectivity index (χ1v) is 11.4. The summed E-state index contributed by atoms with van der Waals surface area (Å²) >= 11 is 1.59. The summed E-state index contributed by atoms with van der Waals surface area (Å²) in [7, 11) is 0. The largest absolute Gasteiger partial charge is 0.346 e. The second kappa shape index (κ2) is 9.43. The van der Waals surface area contributed by atoms with Crippen LogP contribution in [0.15, 0.2) is 36.5 Å². The average Bonchev–Trinajstić information content (AvgIpc) is 3.04. The van der Waals surface area contributed by atoms with Gasteiger partial charge in [-0.3, -0.25) is 9.59 Å². The Kier molecular flexibility index (Phi) is 6.46. The first-order chi connectivity index (χ1) is 15.0. The van der Waals surface area contributed by atoms with E-state index >= 15 is 0 Å². The number of aryl methyl sites for hydroxylation is 2. The minimum absolute atomic E-state index is 0.0319. The van der Waals surface area contributed by atoms with E-state index in [2.05, 4.69) is 20.2 Å². The first kappa shape index (κ1) is 21.2. The molecule has 0 aliphatic carbocycles. The Balaban J connectivity index is 1.30. The number of rotatable bonds is 5. The van der Waals surface area contributed by atoms with E-state index in [-0.39, 0.29) is 24.7 Å². The Morgan fingerprint density at radius 1 is 1.03 bits per heavy atom. The van der Waals surface area contributed by atoms with Crippen molar-refractivity contribution in [2.45, 2.75) is 33.1 Å². The van der Waals surface area contributed by atoms with Gasteiger partial charge in [0, 0.05) is 50.9 Å². The Morgan fingerprint density at radius 2 is 1.84 bits per heavy atom. The molecule has 2 amide bonds. The van der Waals surface area contributed by atoms with Crippen LogP contribution < -0.4 is 10.2 Å². The lowest BCUT2D eigenvalue weighted by Gasteiger charge is -2.21. The van der Waals surface area contributed by atoms with Gasteiger partial charge in [-0.05, 0) is 43.5 Å². The fourth-order valence-corrected chi connectivity index (χ4v) is 4.80. The highest BCUT2D eigenvalue weighted by atomic mass is 32.1. The maximum Gasteiger partial charge on any atom is 0.224 e. The standard InChI is InChI=1S/C23H27N5O2S/c1-16-6-3-7-17(2)21(16)26-19(29)9-10-20(30)27-12-5-13-28(15-14-27)23-25-18-8-4-11-24-22(18)31-23/h3-4,6-8,11H,5,9-10,12-15H2,1-2H3,(H,26,29). The molecule has 3 aromatic rings. The highest BCUT2D eigenvalue weighted by Crippen LogP contribution is 2.27. The molecule has 1 fully saturated rings. The van der Waals surface area contributed by atoms with Crippen molar-refractivity contribution in [1.82, 2.24) is 14.9 Å². The Bertz CT molecular complexity index is 1040. The van der Waals surface area contributed by atoms with Crippen LogP contribution in [0.4, 0.5) is 10.8 Å². The van der Waals surface area contributed by atoms with Gasteiger partial charge in [-0.2, -0.15) is 0 Å². The van der Waals surface area contributed by atoms with Gasteiger partial charge >= 0.3 is 0 Å².